The van der Waals surface area contributed by atoms with E-state index in [1.807, 2.05) is 88.6 Å². The zero-order chi connectivity index (χ0) is 36.3. The molecule has 13 heteroatoms. The maximum atomic E-state index is 13.2. The number of hydrogen-bond acceptors (Lipinski definition) is 10. The van der Waals surface area contributed by atoms with E-state index in [1.165, 1.54) is 0 Å². The Morgan fingerprint density at radius 2 is 1.73 bits per heavy atom. The predicted octanol–water partition coefficient (Wildman–Crippen LogP) is 6.64. The quantitative estimate of drug-likeness (QED) is 0.150. The lowest BCUT2D eigenvalue weighted by Gasteiger charge is -2.30. The summed E-state index contributed by atoms with van der Waals surface area (Å²) in [7, 11) is 0. The molecule has 0 unspecified atom stereocenters. The van der Waals surface area contributed by atoms with Crippen LogP contribution < -0.4 is 10.2 Å². The number of aryl methyl sites for hydroxylation is 1. The fourth-order valence-corrected chi connectivity index (χ4v) is 5.82. The number of ether oxygens (including phenoxy) is 3. The van der Waals surface area contributed by atoms with E-state index in [1.54, 1.807) is 36.3 Å². The van der Waals surface area contributed by atoms with Crippen molar-refractivity contribution < 1.29 is 28.2 Å². The van der Waals surface area contributed by atoms with Crippen LogP contribution in [0.25, 0.3) is 39.5 Å². The zero-order valence-electron chi connectivity index (χ0n) is 30.4. The van der Waals surface area contributed by atoms with E-state index in [-0.39, 0.29) is 5.92 Å². The second-order valence-corrected chi connectivity index (χ2v) is 14.7. The summed E-state index contributed by atoms with van der Waals surface area (Å²) >= 11 is 0. The van der Waals surface area contributed by atoms with Gasteiger partial charge in [-0.15, -0.1) is 0 Å². The van der Waals surface area contributed by atoms with E-state index >= 15 is 0 Å². The maximum Gasteiger partial charge on any atom is 0.408 e. The summed E-state index contributed by atoms with van der Waals surface area (Å²) in [5.74, 6) is 0.615. The highest BCUT2D eigenvalue weighted by Gasteiger charge is 2.33. The Morgan fingerprint density at radius 1 is 0.980 bits per heavy atom. The highest BCUT2D eigenvalue weighted by atomic mass is 16.6. The number of aromatic nitrogens is 5. The molecule has 0 bridgehead atoms. The van der Waals surface area contributed by atoms with Crippen LogP contribution in [0.15, 0.2) is 71.5 Å². The van der Waals surface area contributed by atoms with Gasteiger partial charge in [-0.1, -0.05) is 44.2 Å². The third-order valence-corrected chi connectivity index (χ3v) is 8.52. The molecular formula is C38H47N7O6. The summed E-state index contributed by atoms with van der Waals surface area (Å²) < 4.78 is 27.0. The first-order valence-corrected chi connectivity index (χ1v) is 17.4. The Labute approximate surface area is 297 Å². The number of furan rings is 1. The van der Waals surface area contributed by atoms with Crippen LogP contribution in [-0.4, -0.2) is 80.2 Å². The number of amides is 1. The van der Waals surface area contributed by atoms with Gasteiger partial charge in [-0.2, -0.15) is 10.2 Å². The molecule has 270 valence electrons. The van der Waals surface area contributed by atoms with E-state index in [4.69, 9.17) is 28.7 Å². The number of anilines is 1. The standard InChI is InChI=1S/C38H47N7O6/c1-25(2)33(41-36(47)51-37(3,4)5)35(46)50-38(6,7)14-16-44-24-27(23-39-44)31-21-29-34(49-31)30(43-17-19-48-20-18-43)22-32(40-29)45-15-13-28(42-45)26-11-9-8-10-12-26/h8-13,15,21-25,33H,14,16-20H2,1-7H3,(H,41,47)/t33-/m0/s1. The summed E-state index contributed by atoms with van der Waals surface area (Å²) in [5, 5.41) is 12.1. The number of carbonyl (C=O) groups excluding carboxylic acids is 2. The average molecular weight is 698 g/mol. The normalized spacial score (nSPS) is 14.5. The van der Waals surface area contributed by atoms with Crippen molar-refractivity contribution in [2.45, 2.75) is 78.7 Å². The minimum atomic E-state index is -0.848. The van der Waals surface area contributed by atoms with Gasteiger partial charge < -0.3 is 28.8 Å². The molecule has 5 aromatic rings. The van der Waals surface area contributed by atoms with Crippen LogP contribution in [0.4, 0.5) is 10.5 Å². The van der Waals surface area contributed by atoms with Gasteiger partial charge in [0.25, 0.3) is 0 Å². The number of hydrogen-bond donors (Lipinski definition) is 1. The van der Waals surface area contributed by atoms with Gasteiger partial charge in [0.1, 0.15) is 28.5 Å². The van der Waals surface area contributed by atoms with E-state index in [9.17, 15) is 9.59 Å². The predicted molar refractivity (Wildman–Crippen MR) is 194 cm³/mol. The first-order chi connectivity index (χ1) is 24.2. The fraction of sp³-hybridized carbons (Fsp3) is 0.447. The van der Waals surface area contributed by atoms with Crippen LogP contribution in [0.2, 0.25) is 0 Å². The molecule has 1 aliphatic heterocycles. The smallest absolute Gasteiger partial charge is 0.408 e. The molecule has 0 radical (unpaired) electrons. The first-order valence-electron chi connectivity index (χ1n) is 17.4. The number of alkyl carbamates (subject to hydrolysis) is 1. The molecule has 51 heavy (non-hydrogen) atoms. The van der Waals surface area contributed by atoms with E-state index in [0.717, 1.165) is 35.6 Å². The molecule has 1 aromatic carbocycles. The number of fused-ring (bicyclic) bond motifs is 1. The van der Waals surface area contributed by atoms with Crippen LogP contribution in [0.1, 0.15) is 54.9 Å². The number of benzene rings is 1. The van der Waals surface area contributed by atoms with Crippen molar-refractivity contribution in [2.75, 3.05) is 31.2 Å². The maximum absolute atomic E-state index is 13.2. The fourth-order valence-electron chi connectivity index (χ4n) is 5.82. The van der Waals surface area contributed by atoms with E-state index in [2.05, 4.69) is 15.3 Å². The second kappa shape index (κ2) is 14.6. The van der Waals surface area contributed by atoms with Gasteiger partial charge >= 0.3 is 12.1 Å². The molecule has 1 saturated heterocycles. The van der Waals surface area contributed by atoms with Gasteiger partial charge in [-0.25, -0.2) is 19.3 Å². The van der Waals surface area contributed by atoms with Crippen LogP contribution in [0.5, 0.6) is 0 Å². The summed E-state index contributed by atoms with van der Waals surface area (Å²) in [6, 6.07) is 15.1. The van der Waals surface area contributed by atoms with Gasteiger partial charge in [0, 0.05) is 56.1 Å². The molecule has 1 aliphatic rings. The molecule has 4 aromatic heterocycles. The lowest BCUT2D eigenvalue weighted by molar-refractivity contribution is -0.161. The van der Waals surface area contributed by atoms with Gasteiger partial charge in [-0.3, -0.25) is 4.68 Å². The second-order valence-electron chi connectivity index (χ2n) is 14.7. The Morgan fingerprint density at radius 3 is 2.43 bits per heavy atom. The summed E-state index contributed by atoms with van der Waals surface area (Å²) in [6.45, 7) is 15.9. The number of morpholine rings is 1. The van der Waals surface area contributed by atoms with Crippen molar-refractivity contribution in [1.29, 1.82) is 0 Å². The number of rotatable bonds is 11. The monoisotopic (exact) mass is 697 g/mol. The molecule has 1 N–H and O–H groups in total. The highest BCUT2D eigenvalue weighted by molar-refractivity contribution is 5.91. The largest absolute Gasteiger partial charge is 0.458 e. The number of nitrogens with zero attached hydrogens (tertiary/aromatic N) is 6. The summed E-state index contributed by atoms with van der Waals surface area (Å²) in [6.07, 6.45) is 5.41. The summed E-state index contributed by atoms with van der Waals surface area (Å²) in [4.78, 5) is 32.8. The van der Waals surface area contributed by atoms with Crippen molar-refractivity contribution in [3.05, 3.63) is 67.1 Å². The van der Waals surface area contributed by atoms with E-state index < -0.39 is 29.3 Å². The minimum absolute atomic E-state index is 0.195. The molecule has 1 amide bonds. The van der Waals surface area contributed by atoms with Crippen molar-refractivity contribution in [3.63, 3.8) is 0 Å². The van der Waals surface area contributed by atoms with Crippen molar-refractivity contribution in [2.24, 2.45) is 5.92 Å². The Kier molecular flexibility index (Phi) is 10.2. The number of esters is 1. The highest BCUT2D eigenvalue weighted by Crippen LogP contribution is 2.35. The topological polar surface area (TPSA) is 139 Å². The van der Waals surface area contributed by atoms with Gasteiger partial charge in [-0.05, 0) is 46.6 Å². The molecule has 0 aliphatic carbocycles. The average Bonchev–Trinajstić information content (AvgIpc) is 3.85. The molecule has 1 atom stereocenters. The van der Waals surface area contributed by atoms with Gasteiger partial charge in [0.05, 0.1) is 36.4 Å². The Balaban J connectivity index is 1.18. The third-order valence-electron chi connectivity index (χ3n) is 8.52. The first kappa shape index (κ1) is 35.6. The van der Waals surface area contributed by atoms with Gasteiger partial charge in [0.15, 0.2) is 11.4 Å². The molecule has 5 heterocycles. The molecule has 0 spiro atoms. The van der Waals surface area contributed by atoms with Crippen molar-refractivity contribution in [1.82, 2.24) is 29.9 Å². The number of nitrogens with one attached hydrogen (secondary N) is 1. The number of pyridine rings is 1. The molecular weight excluding hydrogens is 650 g/mol. The molecule has 1 fully saturated rings. The lowest BCUT2D eigenvalue weighted by atomic mass is 10.0. The van der Waals surface area contributed by atoms with Crippen molar-refractivity contribution >= 4 is 28.8 Å². The minimum Gasteiger partial charge on any atom is -0.458 e. The lowest BCUT2D eigenvalue weighted by Crippen LogP contribution is -2.49. The Bertz CT molecular complexity index is 1960. The van der Waals surface area contributed by atoms with Crippen LogP contribution in [-0.2, 0) is 25.5 Å². The van der Waals surface area contributed by atoms with Crippen molar-refractivity contribution in [3.8, 4) is 28.4 Å². The van der Waals surface area contributed by atoms with Crippen LogP contribution >= 0.6 is 0 Å². The van der Waals surface area contributed by atoms with Crippen LogP contribution in [0.3, 0.4) is 0 Å². The Hall–Kier alpha value is -5.17. The van der Waals surface area contributed by atoms with E-state index in [0.29, 0.717) is 48.9 Å². The third kappa shape index (κ3) is 8.77. The van der Waals surface area contributed by atoms with Gasteiger partial charge in [0.2, 0.25) is 0 Å². The summed E-state index contributed by atoms with van der Waals surface area (Å²) in [5.41, 5.74) is 3.50. The van der Waals surface area contributed by atoms with Crippen LogP contribution in [0, 0.1) is 5.92 Å². The SMILES string of the molecule is CC(C)[C@H](NC(=O)OC(C)(C)C)C(=O)OC(C)(C)CCn1cc(-c2cc3nc(-n4ccc(-c5ccccc5)n4)cc(N4CCOCC4)c3o2)cn1. The zero-order valence-corrected chi connectivity index (χ0v) is 30.4. The number of carbonyl (C=O) groups is 2. The molecule has 13 nitrogen and oxygen atoms in total. The molecule has 6 rings (SSSR count). The molecule has 0 saturated carbocycles.